The van der Waals surface area contributed by atoms with Crippen LogP contribution in [0.3, 0.4) is 0 Å². The molecule has 1 aromatic rings. The summed E-state index contributed by atoms with van der Waals surface area (Å²) in [6.45, 7) is 2.35. The number of ether oxygens (including phenoxy) is 3. The number of non-ortho nitro benzene ring substituents is 1. The monoisotopic (exact) mass is 344 g/mol. The largest absolute Gasteiger partial charge is 0.475 e. The van der Waals surface area contributed by atoms with E-state index >= 15 is 0 Å². The topological polar surface area (TPSA) is 91.1 Å². The number of likely N-dealkylation sites (tertiary alicyclic amines) is 1. The van der Waals surface area contributed by atoms with Crippen molar-refractivity contribution >= 4 is 17.3 Å². The summed E-state index contributed by atoms with van der Waals surface area (Å²) in [5.74, 6) is 0.434. The molecule has 0 aliphatic carbocycles. The third-order valence-corrected chi connectivity index (χ3v) is 4.50. The summed E-state index contributed by atoms with van der Waals surface area (Å²) in [4.78, 5) is 24.6. The summed E-state index contributed by atoms with van der Waals surface area (Å²) in [5.41, 5.74) is 0.0747. The van der Waals surface area contributed by atoms with E-state index in [0.717, 1.165) is 6.42 Å². The molecule has 3 aliphatic heterocycles. The summed E-state index contributed by atoms with van der Waals surface area (Å²) < 4.78 is 16.9. The number of carbonyl (C=O) groups is 1. The van der Waals surface area contributed by atoms with E-state index in [-0.39, 0.29) is 11.6 Å². The second-order valence-corrected chi connectivity index (χ2v) is 6.28. The molecule has 1 aromatic carbocycles. The maximum absolute atomic E-state index is 12.3. The number of amides is 1. The Morgan fingerprint density at radius 3 is 2.72 bits per heavy atom. The predicted molar refractivity (Wildman–Crippen MR) is 86.2 cm³/mol. The number of nitro benzene ring substituents is 1. The van der Waals surface area contributed by atoms with Crippen LogP contribution in [0.25, 0.3) is 5.70 Å². The Morgan fingerprint density at radius 2 is 2.08 bits per heavy atom. The normalized spacial score (nSPS) is 25.1. The van der Waals surface area contributed by atoms with Crippen molar-refractivity contribution in [2.24, 2.45) is 0 Å². The van der Waals surface area contributed by atoms with E-state index in [0.29, 0.717) is 30.0 Å². The van der Waals surface area contributed by atoms with Gasteiger partial charge in [0.1, 0.15) is 18.3 Å². The Hall–Kier alpha value is -3.03. The Labute approximate surface area is 143 Å². The molecule has 0 saturated carbocycles. The van der Waals surface area contributed by atoms with Crippen LogP contribution in [0.5, 0.6) is 5.75 Å². The van der Waals surface area contributed by atoms with Crippen molar-refractivity contribution in [2.75, 3.05) is 6.54 Å². The molecule has 1 amide bonds. The summed E-state index contributed by atoms with van der Waals surface area (Å²) in [5, 5.41) is 11.1. The second-order valence-electron chi connectivity index (χ2n) is 6.28. The van der Waals surface area contributed by atoms with Crippen LogP contribution in [0, 0.1) is 10.1 Å². The molecule has 4 rings (SSSR count). The summed E-state index contributed by atoms with van der Waals surface area (Å²) in [6, 6.07) is 4.35. The van der Waals surface area contributed by atoms with Crippen molar-refractivity contribution in [1.82, 2.24) is 4.90 Å². The standard InChI is InChI=1S/C17H16N2O6/c1-17(16-23-7-8-24-16)10-13(18-6-2-3-15(18)20)12-9-11(19(21)22)4-5-14(12)25-17/h4-5,7-10,16H,2-3,6H2,1H3/t17-/m1/s1. The van der Waals surface area contributed by atoms with Crippen molar-refractivity contribution in [3.8, 4) is 5.75 Å². The molecule has 1 fully saturated rings. The van der Waals surface area contributed by atoms with Gasteiger partial charge >= 0.3 is 0 Å². The molecule has 0 bridgehead atoms. The summed E-state index contributed by atoms with van der Waals surface area (Å²) in [7, 11) is 0. The van der Waals surface area contributed by atoms with Gasteiger partial charge in [-0.2, -0.15) is 0 Å². The van der Waals surface area contributed by atoms with E-state index in [4.69, 9.17) is 14.2 Å². The minimum absolute atomic E-state index is 0.0145. The molecule has 25 heavy (non-hydrogen) atoms. The van der Waals surface area contributed by atoms with Crippen LogP contribution in [0.4, 0.5) is 5.69 Å². The van der Waals surface area contributed by atoms with Gasteiger partial charge in [0.25, 0.3) is 12.0 Å². The lowest BCUT2D eigenvalue weighted by Crippen LogP contribution is -2.46. The highest BCUT2D eigenvalue weighted by Gasteiger charge is 2.45. The number of nitro groups is 1. The number of nitrogens with zero attached hydrogens (tertiary/aromatic N) is 2. The highest BCUT2D eigenvalue weighted by molar-refractivity contribution is 5.90. The van der Waals surface area contributed by atoms with Crippen LogP contribution in [-0.4, -0.2) is 34.2 Å². The van der Waals surface area contributed by atoms with Gasteiger partial charge in [-0.25, -0.2) is 0 Å². The highest BCUT2D eigenvalue weighted by atomic mass is 16.7. The molecular formula is C17H16N2O6. The highest BCUT2D eigenvalue weighted by Crippen LogP contribution is 2.43. The number of hydrogen-bond donors (Lipinski definition) is 0. The number of rotatable bonds is 3. The van der Waals surface area contributed by atoms with Gasteiger partial charge in [-0.3, -0.25) is 14.9 Å². The van der Waals surface area contributed by atoms with Gasteiger partial charge in [-0.15, -0.1) is 0 Å². The zero-order valence-corrected chi connectivity index (χ0v) is 13.5. The molecule has 8 heteroatoms. The molecule has 8 nitrogen and oxygen atoms in total. The first-order chi connectivity index (χ1) is 12.0. The van der Waals surface area contributed by atoms with Crippen molar-refractivity contribution in [1.29, 1.82) is 0 Å². The van der Waals surface area contributed by atoms with E-state index in [1.807, 2.05) is 0 Å². The SMILES string of the molecule is C[C@]1(C2OC=CO2)C=C(N2CCCC2=O)c2cc([N+](=O)[O-])ccc2O1. The number of fused-ring (bicyclic) bond motifs is 1. The summed E-state index contributed by atoms with van der Waals surface area (Å²) in [6.07, 6.45) is 5.11. The van der Waals surface area contributed by atoms with Crippen molar-refractivity contribution in [2.45, 2.75) is 31.7 Å². The maximum atomic E-state index is 12.3. The van der Waals surface area contributed by atoms with Crippen molar-refractivity contribution in [3.05, 3.63) is 52.5 Å². The minimum atomic E-state index is -0.981. The number of benzene rings is 1. The zero-order chi connectivity index (χ0) is 17.6. The van der Waals surface area contributed by atoms with Crippen LogP contribution >= 0.6 is 0 Å². The molecule has 3 heterocycles. The molecule has 0 spiro atoms. The first-order valence-electron chi connectivity index (χ1n) is 7.95. The Morgan fingerprint density at radius 1 is 1.32 bits per heavy atom. The van der Waals surface area contributed by atoms with Gasteiger partial charge in [-0.1, -0.05) is 0 Å². The predicted octanol–water partition coefficient (Wildman–Crippen LogP) is 2.55. The Bertz CT molecular complexity index is 809. The quantitative estimate of drug-likeness (QED) is 0.618. The fourth-order valence-corrected chi connectivity index (χ4v) is 3.29. The Kier molecular flexibility index (Phi) is 3.41. The lowest BCUT2D eigenvalue weighted by molar-refractivity contribution is -0.384. The Balaban J connectivity index is 1.83. The average molecular weight is 344 g/mol. The fraction of sp³-hybridized carbons (Fsp3) is 0.353. The van der Waals surface area contributed by atoms with E-state index in [1.165, 1.54) is 24.7 Å². The van der Waals surface area contributed by atoms with Crippen LogP contribution < -0.4 is 4.74 Å². The fourth-order valence-electron chi connectivity index (χ4n) is 3.29. The van der Waals surface area contributed by atoms with Gasteiger partial charge in [0.15, 0.2) is 5.60 Å². The van der Waals surface area contributed by atoms with Gasteiger partial charge in [-0.05, 0) is 25.5 Å². The van der Waals surface area contributed by atoms with Gasteiger partial charge in [0.05, 0.1) is 10.6 Å². The van der Waals surface area contributed by atoms with Crippen LogP contribution in [0.1, 0.15) is 25.3 Å². The third kappa shape index (κ3) is 2.50. The number of carbonyl (C=O) groups excluding carboxylic acids is 1. The van der Waals surface area contributed by atoms with Crippen LogP contribution in [0.15, 0.2) is 36.8 Å². The molecule has 0 aromatic heterocycles. The zero-order valence-electron chi connectivity index (χ0n) is 13.5. The lowest BCUT2D eigenvalue weighted by Gasteiger charge is -2.38. The smallest absolute Gasteiger partial charge is 0.282 e. The molecule has 0 radical (unpaired) electrons. The average Bonchev–Trinajstić information content (AvgIpc) is 3.25. The molecule has 0 N–H and O–H groups in total. The molecule has 1 atom stereocenters. The molecule has 1 saturated heterocycles. The molecule has 3 aliphatic rings. The van der Waals surface area contributed by atoms with E-state index in [1.54, 1.807) is 24.0 Å². The van der Waals surface area contributed by atoms with Crippen LogP contribution in [-0.2, 0) is 14.3 Å². The third-order valence-electron chi connectivity index (χ3n) is 4.50. The van der Waals surface area contributed by atoms with E-state index in [2.05, 4.69) is 0 Å². The molecular weight excluding hydrogens is 328 g/mol. The van der Waals surface area contributed by atoms with Gasteiger partial charge in [0, 0.05) is 30.7 Å². The van der Waals surface area contributed by atoms with Gasteiger partial charge < -0.3 is 19.1 Å². The van der Waals surface area contributed by atoms with Gasteiger partial charge in [0.2, 0.25) is 5.91 Å². The maximum Gasteiger partial charge on any atom is 0.282 e. The van der Waals surface area contributed by atoms with Crippen molar-refractivity contribution < 1.29 is 23.9 Å². The summed E-state index contributed by atoms with van der Waals surface area (Å²) >= 11 is 0. The van der Waals surface area contributed by atoms with Crippen LogP contribution in [0.2, 0.25) is 0 Å². The first kappa shape index (κ1) is 15.5. The van der Waals surface area contributed by atoms with E-state index in [9.17, 15) is 14.9 Å². The van der Waals surface area contributed by atoms with E-state index < -0.39 is 16.8 Å². The lowest BCUT2D eigenvalue weighted by atomic mass is 9.95. The molecule has 130 valence electrons. The first-order valence-corrected chi connectivity index (χ1v) is 7.95. The minimum Gasteiger partial charge on any atom is -0.475 e. The molecule has 0 unspecified atom stereocenters. The van der Waals surface area contributed by atoms with Crippen molar-refractivity contribution in [3.63, 3.8) is 0 Å². The second kappa shape index (κ2) is 5.51. The number of hydrogen-bond acceptors (Lipinski definition) is 6.